The molecule has 8 heteroatoms. The summed E-state index contributed by atoms with van der Waals surface area (Å²) in [5, 5.41) is 8.34. The Balaban J connectivity index is 1.62. The molecule has 6 nitrogen and oxygen atoms in total. The molecule has 0 fully saturated rings. The first kappa shape index (κ1) is 23.8. The van der Waals surface area contributed by atoms with Crippen LogP contribution in [0.4, 0.5) is 5.69 Å². The molecule has 4 rings (SSSR count). The molecule has 4 aromatic rings. The van der Waals surface area contributed by atoms with Gasteiger partial charge in [-0.05, 0) is 67.4 Å². The van der Waals surface area contributed by atoms with Gasteiger partial charge in [0, 0.05) is 16.8 Å². The molecule has 0 saturated carbocycles. The quantitative estimate of drug-likeness (QED) is 0.305. The molecule has 0 unspecified atom stereocenters. The summed E-state index contributed by atoms with van der Waals surface area (Å²) in [6, 6.07) is 20.3. The van der Waals surface area contributed by atoms with Crippen LogP contribution >= 0.6 is 23.2 Å². The number of carbonyl (C=O) groups excluding carboxylic acids is 1. The summed E-state index contributed by atoms with van der Waals surface area (Å²) >= 11 is 12.3. The third-order valence-corrected chi connectivity index (χ3v) is 5.73. The average Bonchev–Trinajstić information content (AvgIpc) is 3.25. The van der Waals surface area contributed by atoms with Crippen molar-refractivity contribution in [3.8, 4) is 23.1 Å². The highest BCUT2D eigenvalue weighted by atomic mass is 35.5. The highest BCUT2D eigenvalue weighted by Gasteiger charge is 2.16. The number of halogens is 2. The molecule has 0 bridgehead atoms. The first-order valence-corrected chi connectivity index (χ1v) is 11.6. The number of ether oxygens (including phenoxy) is 1. The zero-order valence-electron chi connectivity index (χ0n) is 19.0. The lowest BCUT2D eigenvalue weighted by Gasteiger charge is -2.09. The maximum absolute atomic E-state index is 12.5. The van der Waals surface area contributed by atoms with Crippen molar-refractivity contribution in [2.75, 3.05) is 11.9 Å². The number of carbonyl (C=O) groups is 1. The van der Waals surface area contributed by atoms with E-state index in [4.69, 9.17) is 27.9 Å². The molecule has 1 heterocycles. The lowest BCUT2D eigenvalue weighted by Crippen LogP contribution is -2.11. The summed E-state index contributed by atoms with van der Waals surface area (Å²) < 4.78 is 7.44. The molecule has 1 amide bonds. The minimum Gasteiger partial charge on any atom is -0.462 e. The van der Waals surface area contributed by atoms with Gasteiger partial charge in [0.1, 0.15) is 0 Å². The topological polar surface area (TPSA) is 69.0 Å². The molecule has 0 radical (unpaired) electrons. The van der Waals surface area contributed by atoms with Crippen molar-refractivity contribution in [1.29, 1.82) is 0 Å². The summed E-state index contributed by atoms with van der Waals surface area (Å²) in [4.78, 5) is 17.1. The average molecular weight is 495 g/mol. The van der Waals surface area contributed by atoms with Gasteiger partial charge in [-0.1, -0.05) is 54.7 Å². The summed E-state index contributed by atoms with van der Waals surface area (Å²) in [5.41, 5.74) is 3.87. The fourth-order valence-corrected chi connectivity index (χ4v) is 3.49. The first-order valence-electron chi connectivity index (χ1n) is 10.8. The van der Waals surface area contributed by atoms with E-state index in [1.807, 2.05) is 49.4 Å². The van der Waals surface area contributed by atoms with Crippen molar-refractivity contribution in [3.63, 3.8) is 0 Å². The third-order valence-electron chi connectivity index (χ3n) is 4.99. The van der Waals surface area contributed by atoms with Gasteiger partial charge in [0.15, 0.2) is 5.82 Å². The fourth-order valence-electron chi connectivity index (χ4n) is 3.19. The Labute approximate surface area is 208 Å². The van der Waals surface area contributed by atoms with Crippen LogP contribution in [0.25, 0.3) is 17.1 Å². The smallest absolute Gasteiger partial charge is 0.336 e. The van der Waals surface area contributed by atoms with Crippen molar-refractivity contribution in [1.82, 2.24) is 14.8 Å². The highest BCUT2D eigenvalue weighted by molar-refractivity contribution is 6.42. The number of anilines is 1. The van der Waals surface area contributed by atoms with Crippen molar-refractivity contribution >= 4 is 34.8 Å². The molecule has 0 aliphatic heterocycles. The lowest BCUT2D eigenvalue weighted by molar-refractivity contribution is 0.102. The van der Waals surface area contributed by atoms with Crippen LogP contribution in [0.5, 0.6) is 6.01 Å². The van der Waals surface area contributed by atoms with Gasteiger partial charge in [0.25, 0.3) is 5.91 Å². The van der Waals surface area contributed by atoms with E-state index in [1.54, 1.807) is 28.9 Å². The monoisotopic (exact) mass is 494 g/mol. The van der Waals surface area contributed by atoms with Crippen LogP contribution < -0.4 is 10.1 Å². The highest BCUT2D eigenvalue weighted by Crippen LogP contribution is 2.30. The van der Waals surface area contributed by atoms with Crippen LogP contribution in [-0.4, -0.2) is 27.3 Å². The minimum atomic E-state index is -0.172. The number of rotatable bonds is 7. The lowest BCUT2D eigenvalue weighted by atomic mass is 10.1. The normalized spacial score (nSPS) is 11.0. The Bertz CT molecular complexity index is 1300. The molecule has 0 atom stereocenters. The number of hydrogen-bond acceptors (Lipinski definition) is 4. The van der Waals surface area contributed by atoms with Crippen molar-refractivity contribution in [2.45, 2.75) is 20.8 Å². The Morgan fingerprint density at radius 2 is 1.71 bits per heavy atom. The van der Waals surface area contributed by atoms with E-state index < -0.39 is 0 Å². The van der Waals surface area contributed by atoms with Gasteiger partial charge >= 0.3 is 6.01 Å². The van der Waals surface area contributed by atoms with Crippen molar-refractivity contribution in [2.24, 2.45) is 5.92 Å². The number of nitrogens with one attached hydrogen (secondary N) is 1. The van der Waals surface area contributed by atoms with E-state index in [0.717, 1.165) is 16.8 Å². The molecule has 1 aromatic heterocycles. The van der Waals surface area contributed by atoms with Crippen molar-refractivity contribution in [3.05, 3.63) is 87.9 Å². The SMILES string of the molecule is Cc1ccc(C(=O)Nc2ccc(-n3nc(OCC(C)C)nc3-c3ccc(Cl)c(Cl)c3)cc2)cc1. The zero-order valence-corrected chi connectivity index (χ0v) is 20.6. The van der Waals surface area contributed by atoms with Crippen LogP contribution in [0, 0.1) is 12.8 Å². The molecular formula is C26H24Cl2N4O2. The summed E-state index contributed by atoms with van der Waals surface area (Å²) in [6.45, 7) is 6.59. The number of aryl methyl sites for hydroxylation is 1. The number of aromatic nitrogens is 3. The molecular weight excluding hydrogens is 471 g/mol. The van der Waals surface area contributed by atoms with E-state index >= 15 is 0 Å². The summed E-state index contributed by atoms with van der Waals surface area (Å²) in [7, 11) is 0. The van der Waals surface area contributed by atoms with Gasteiger partial charge < -0.3 is 10.1 Å². The molecule has 0 aliphatic carbocycles. The van der Waals surface area contributed by atoms with E-state index in [9.17, 15) is 4.79 Å². The largest absolute Gasteiger partial charge is 0.462 e. The van der Waals surface area contributed by atoms with Gasteiger partial charge in [-0.25, -0.2) is 4.68 Å². The Kier molecular flexibility index (Phi) is 7.20. The van der Waals surface area contributed by atoms with Crippen LogP contribution in [-0.2, 0) is 0 Å². The number of nitrogens with zero attached hydrogens (tertiary/aromatic N) is 3. The minimum absolute atomic E-state index is 0.172. The van der Waals surface area contributed by atoms with Crippen LogP contribution in [0.1, 0.15) is 29.8 Å². The number of benzene rings is 3. The van der Waals surface area contributed by atoms with E-state index in [2.05, 4.69) is 29.2 Å². The Hall–Kier alpha value is -3.35. The Morgan fingerprint density at radius 1 is 1.00 bits per heavy atom. The Morgan fingerprint density at radius 3 is 2.35 bits per heavy atom. The molecule has 0 spiro atoms. The second-order valence-electron chi connectivity index (χ2n) is 8.33. The predicted octanol–water partition coefficient (Wildman–Crippen LogP) is 6.84. The molecule has 1 N–H and O–H groups in total. The molecule has 3 aromatic carbocycles. The van der Waals surface area contributed by atoms with Crippen molar-refractivity contribution < 1.29 is 9.53 Å². The number of amides is 1. The molecule has 0 saturated heterocycles. The summed E-state index contributed by atoms with van der Waals surface area (Å²) in [6.07, 6.45) is 0. The van der Waals surface area contributed by atoms with Gasteiger partial charge in [-0.2, -0.15) is 4.98 Å². The van der Waals surface area contributed by atoms with Crippen LogP contribution in [0.2, 0.25) is 10.0 Å². The van der Waals surface area contributed by atoms with E-state index in [1.165, 1.54) is 0 Å². The van der Waals surface area contributed by atoms with E-state index in [0.29, 0.717) is 39.6 Å². The fraction of sp³-hybridized carbons (Fsp3) is 0.192. The van der Waals surface area contributed by atoms with Gasteiger partial charge in [0.2, 0.25) is 0 Å². The van der Waals surface area contributed by atoms with Gasteiger partial charge in [0.05, 0.1) is 22.3 Å². The first-order chi connectivity index (χ1) is 16.3. The summed E-state index contributed by atoms with van der Waals surface area (Å²) in [5.74, 6) is 0.722. The molecule has 0 aliphatic rings. The second kappa shape index (κ2) is 10.3. The number of hydrogen-bond donors (Lipinski definition) is 1. The van der Waals surface area contributed by atoms with Crippen LogP contribution in [0.3, 0.4) is 0 Å². The zero-order chi connectivity index (χ0) is 24.2. The van der Waals surface area contributed by atoms with Crippen LogP contribution in [0.15, 0.2) is 66.7 Å². The maximum Gasteiger partial charge on any atom is 0.336 e. The van der Waals surface area contributed by atoms with Gasteiger partial charge in [-0.15, -0.1) is 5.10 Å². The standard InChI is InChI=1S/C26H24Cl2N4O2/c1-16(2)15-34-26-30-24(19-8-13-22(27)23(28)14-19)32(31-26)21-11-9-20(10-12-21)29-25(33)18-6-4-17(3)5-7-18/h4-14,16H,15H2,1-3H3,(H,29,33). The van der Waals surface area contributed by atoms with E-state index in [-0.39, 0.29) is 11.9 Å². The third kappa shape index (κ3) is 5.58. The van der Waals surface area contributed by atoms with Gasteiger partial charge in [-0.3, -0.25) is 4.79 Å². The predicted molar refractivity (Wildman–Crippen MR) is 136 cm³/mol. The molecule has 34 heavy (non-hydrogen) atoms. The second-order valence-corrected chi connectivity index (χ2v) is 9.14. The maximum atomic E-state index is 12.5. The molecule has 174 valence electrons.